The molecule has 0 aliphatic heterocycles. The van der Waals surface area contributed by atoms with Crippen molar-refractivity contribution in [2.45, 2.75) is 35.8 Å². The second-order valence-electron chi connectivity index (χ2n) is 5.82. The van der Waals surface area contributed by atoms with Crippen LogP contribution in [-0.2, 0) is 9.84 Å². The summed E-state index contributed by atoms with van der Waals surface area (Å²) < 4.78 is 25.8. The van der Waals surface area contributed by atoms with Crippen LogP contribution in [0.4, 0.5) is 5.69 Å². The average molecular weight is 409 g/mol. The lowest BCUT2D eigenvalue weighted by atomic mass is 10.2. The van der Waals surface area contributed by atoms with E-state index in [1.807, 2.05) is 0 Å². The molecular formula is C17H17BrN2O3S. The second-order valence-corrected chi connectivity index (χ2v) is 8.97. The molecule has 1 N–H and O–H groups in total. The molecular weight excluding hydrogens is 392 g/mol. The van der Waals surface area contributed by atoms with E-state index in [0.717, 1.165) is 25.7 Å². The first-order chi connectivity index (χ1) is 11.5. The molecule has 1 aromatic heterocycles. The fourth-order valence-electron chi connectivity index (χ4n) is 2.86. The standard InChI is InChI=1S/C17H17BrN2O3S/c18-13-9-12(10-19-11-13)17(21)20-14-5-7-16(8-6-14)24(22,23)15-3-1-2-4-15/h5-11,15H,1-4H2,(H,20,21). The minimum absolute atomic E-state index is 0.273. The normalized spacial score (nSPS) is 15.4. The van der Waals surface area contributed by atoms with E-state index in [0.29, 0.717) is 20.6 Å². The van der Waals surface area contributed by atoms with Crippen molar-refractivity contribution in [3.05, 3.63) is 52.8 Å². The van der Waals surface area contributed by atoms with E-state index in [-0.39, 0.29) is 11.2 Å². The molecule has 7 heteroatoms. The number of hydrogen-bond donors (Lipinski definition) is 1. The van der Waals surface area contributed by atoms with E-state index >= 15 is 0 Å². The van der Waals surface area contributed by atoms with Crippen LogP contribution >= 0.6 is 15.9 Å². The number of carbonyl (C=O) groups is 1. The molecule has 0 saturated heterocycles. The zero-order valence-corrected chi connectivity index (χ0v) is 15.3. The first-order valence-electron chi connectivity index (χ1n) is 7.73. The van der Waals surface area contributed by atoms with Gasteiger partial charge < -0.3 is 5.32 Å². The van der Waals surface area contributed by atoms with Crippen LogP contribution in [0, 0.1) is 0 Å². The molecule has 0 unspecified atom stereocenters. The first kappa shape index (κ1) is 17.1. The number of aromatic nitrogens is 1. The van der Waals surface area contributed by atoms with E-state index in [9.17, 15) is 13.2 Å². The predicted molar refractivity (Wildman–Crippen MR) is 95.8 cm³/mol. The van der Waals surface area contributed by atoms with Gasteiger partial charge in [-0.25, -0.2) is 8.42 Å². The summed E-state index contributed by atoms with van der Waals surface area (Å²) in [6.07, 6.45) is 6.48. The zero-order valence-electron chi connectivity index (χ0n) is 12.9. The molecule has 1 heterocycles. The molecule has 0 atom stereocenters. The molecule has 0 radical (unpaired) electrons. The Morgan fingerprint density at radius 1 is 1.12 bits per heavy atom. The lowest BCUT2D eigenvalue weighted by molar-refractivity contribution is 0.102. The highest BCUT2D eigenvalue weighted by atomic mass is 79.9. The average Bonchev–Trinajstić information content (AvgIpc) is 3.10. The van der Waals surface area contributed by atoms with E-state index in [1.165, 1.54) is 6.20 Å². The molecule has 0 bridgehead atoms. The number of nitrogens with zero attached hydrogens (tertiary/aromatic N) is 1. The number of anilines is 1. The molecule has 1 saturated carbocycles. The van der Waals surface area contributed by atoms with Gasteiger partial charge in [0.2, 0.25) is 0 Å². The number of rotatable bonds is 4. The molecule has 1 fully saturated rings. The molecule has 1 aliphatic carbocycles. The van der Waals surface area contributed by atoms with Crippen LogP contribution in [0.5, 0.6) is 0 Å². The van der Waals surface area contributed by atoms with Crippen LogP contribution in [0.3, 0.4) is 0 Å². The highest BCUT2D eigenvalue weighted by Crippen LogP contribution is 2.30. The number of nitrogens with one attached hydrogen (secondary N) is 1. The maximum Gasteiger partial charge on any atom is 0.257 e. The molecule has 3 rings (SSSR count). The van der Waals surface area contributed by atoms with E-state index in [2.05, 4.69) is 26.2 Å². The van der Waals surface area contributed by atoms with Crippen LogP contribution in [0.2, 0.25) is 0 Å². The molecule has 1 amide bonds. The van der Waals surface area contributed by atoms with Gasteiger partial charge in [0.15, 0.2) is 9.84 Å². The lowest BCUT2D eigenvalue weighted by Crippen LogP contribution is -2.18. The summed E-state index contributed by atoms with van der Waals surface area (Å²) in [5, 5.41) is 2.47. The van der Waals surface area contributed by atoms with Crippen molar-refractivity contribution >= 4 is 37.4 Å². The van der Waals surface area contributed by atoms with Crippen LogP contribution < -0.4 is 5.32 Å². The third kappa shape index (κ3) is 3.67. The van der Waals surface area contributed by atoms with Gasteiger partial charge in [0.25, 0.3) is 5.91 Å². The Bertz CT molecular complexity index is 844. The highest BCUT2D eigenvalue weighted by molar-refractivity contribution is 9.10. The van der Waals surface area contributed by atoms with Gasteiger partial charge in [0, 0.05) is 22.6 Å². The topological polar surface area (TPSA) is 76.1 Å². The van der Waals surface area contributed by atoms with E-state index < -0.39 is 9.84 Å². The van der Waals surface area contributed by atoms with Gasteiger partial charge in [-0.15, -0.1) is 0 Å². The minimum atomic E-state index is -3.27. The zero-order chi connectivity index (χ0) is 17.2. The number of benzene rings is 1. The van der Waals surface area contributed by atoms with Gasteiger partial charge in [0.05, 0.1) is 15.7 Å². The fourth-order valence-corrected chi connectivity index (χ4v) is 5.08. The summed E-state index contributed by atoms with van der Waals surface area (Å²) in [5.41, 5.74) is 0.970. The quantitative estimate of drug-likeness (QED) is 0.833. The first-order valence-corrected chi connectivity index (χ1v) is 10.1. The predicted octanol–water partition coefficient (Wildman–Crippen LogP) is 3.81. The summed E-state index contributed by atoms with van der Waals surface area (Å²) >= 11 is 3.27. The Kier molecular flexibility index (Phi) is 5.01. The Labute approximate surface area is 149 Å². The maximum absolute atomic E-state index is 12.5. The number of pyridine rings is 1. The number of halogens is 1. The van der Waals surface area contributed by atoms with Crippen molar-refractivity contribution in [3.8, 4) is 0 Å². The highest BCUT2D eigenvalue weighted by Gasteiger charge is 2.30. The second kappa shape index (κ2) is 7.03. The van der Waals surface area contributed by atoms with Crippen molar-refractivity contribution in [2.24, 2.45) is 0 Å². The fraction of sp³-hybridized carbons (Fsp3) is 0.294. The monoisotopic (exact) mass is 408 g/mol. The van der Waals surface area contributed by atoms with E-state index in [4.69, 9.17) is 0 Å². The summed E-state index contributed by atoms with van der Waals surface area (Å²) in [6.45, 7) is 0. The van der Waals surface area contributed by atoms with Crippen molar-refractivity contribution in [2.75, 3.05) is 5.32 Å². The Balaban J connectivity index is 1.74. The molecule has 5 nitrogen and oxygen atoms in total. The lowest BCUT2D eigenvalue weighted by Gasteiger charge is -2.12. The largest absolute Gasteiger partial charge is 0.322 e. The molecule has 1 aliphatic rings. The van der Waals surface area contributed by atoms with Gasteiger partial charge in [0.1, 0.15) is 0 Å². The molecule has 1 aromatic carbocycles. The van der Waals surface area contributed by atoms with E-state index in [1.54, 1.807) is 36.5 Å². The van der Waals surface area contributed by atoms with Crippen LogP contribution in [0.25, 0.3) is 0 Å². The van der Waals surface area contributed by atoms with Crippen LogP contribution in [-0.4, -0.2) is 24.6 Å². The maximum atomic E-state index is 12.5. The molecule has 0 spiro atoms. The smallest absolute Gasteiger partial charge is 0.257 e. The summed E-state index contributed by atoms with van der Waals surface area (Å²) in [6, 6.07) is 8.02. The summed E-state index contributed by atoms with van der Waals surface area (Å²) in [7, 11) is -3.27. The van der Waals surface area contributed by atoms with Crippen molar-refractivity contribution in [3.63, 3.8) is 0 Å². The van der Waals surface area contributed by atoms with Gasteiger partial charge in [-0.1, -0.05) is 12.8 Å². The Hall–Kier alpha value is -1.73. The van der Waals surface area contributed by atoms with Crippen LogP contribution in [0.15, 0.2) is 52.1 Å². The van der Waals surface area contributed by atoms with Crippen molar-refractivity contribution in [1.29, 1.82) is 0 Å². The molecule has 126 valence electrons. The van der Waals surface area contributed by atoms with Crippen molar-refractivity contribution < 1.29 is 13.2 Å². The molecule has 2 aromatic rings. The minimum Gasteiger partial charge on any atom is -0.322 e. The Morgan fingerprint density at radius 2 is 1.79 bits per heavy atom. The number of sulfone groups is 1. The van der Waals surface area contributed by atoms with Crippen molar-refractivity contribution in [1.82, 2.24) is 4.98 Å². The number of hydrogen-bond acceptors (Lipinski definition) is 4. The third-order valence-electron chi connectivity index (χ3n) is 4.15. The van der Waals surface area contributed by atoms with Gasteiger partial charge >= 0.3 is 0 Å². The number of carbonyl (C=O) groups excluding carboxylic acids is 1. The van der Waals surface area contributed by atoms with Gasteiger partial charge in [-0.2, -0.15) is 0 Å². The molecule has 24 heavy (non-hydrogen) atoms. The third-order valence-corrected chi connectivity index (χ3v) is 6.86. The van der Waals surface area contributed by atoms with Gasteiger partial charge in [-0.3, -0.25) is 9.78 Å². The summed E-state index contributed by atoms with van der Waals surface area (Å²) in [4.78, 5) is 16.4. The van der Waals surface area contributed by atoms with Gasteiger partial charge in [-0.05, 0) is 59.1 Å². The SMILES string of the molecule is O=C(Nc1ccc(S(=O)(=O)C2CCCC2)cc1)c1cncc(Br)c1. The van der Waals surface area contributed by atoms with Crippen LogP contribution in [0.1, 0.15) is 36.0 Å². The Morgan fingerprint density at radius 3 is 2.42 bits per heavy atom. The summed E-state index contributed by atoms with van der Waals surface area (Å²) in [5.74, 6) is -0.296. The number of amides is 1.